The smallest absolute Gasteiger partial charge is 0.257 e. The minimum atomic E-state index is -0.434. The van der Waals surface area contributed by atoms with Crippen molar-refractivity contribution >= 4 is 11.6 Å². The molecule has 1 saturated carbocycles. The molecule has 0 radical (unpaired) electrons. The third-order valence-electron chi connectivity index (χ3n) is 6.71. The predicted octanol–water partition coefficient (Wildman–Crippen LogP) is 7.72. The largest absolute Gasteiger partial charge is 0.457 e. The number of benzene rings is 3. The maximum Gasteiger partial charge on any atom is 0.257 e. The average Bonchev–Trinajstić information content (AvgIpc) is 2.89. The van der Waals surface area contributed by atoms with Crippen molar-refractivity contribution in [1.29, 1.82) is 0 Å². The fourth-order valence-electron chi connectivity index (χ4n) is 4.79. The molecule has 1 aliphatic rings. The highest BCUT2D eigenvalue weighted by Crippen LogP contribution is 2.28. The zero-order chi connectivity index (χ0) is 24.6. The van der Waals surface area contributed by atoms with Gasteiger partial charge in [-0.3, -0.25) is 4.79 Å². The van der Waals surface area contributed by atoms with E-state index < -0.39 is 5.82 Å². The third kappa shape index (κ3) is 6.21. The van der Waals surface area contributed by atoms with E-state index in [4.69, 9.17) is 4.74 Å². The Kier molecular flexibility index (Phi) is 8.40. The highest BCUT2D eigenvalue weighted by atomic mass is 19.1. The Morgan fingerprint density at radius 2 is 1.77 bits per heavy atom. The number of anilines is 1. The first-order valence-corrected chi connectivity index (χ1v) is 12.7. The van der Waals surface area contributed by atoms with Crippen molar-refractivity contribution in [2.24, 2.45) is 0 Å². The van der Waals surface area contributed by atoms with Gasteiger partial charge in [0.25, 0.3) is 5.91 Å². The number of nitrogens with one attached hydrogen (secondary N) is 1. The summed E-state index contributed by atoms with van der Waals surface area (Å²) in [4.78, 5) is 15.3. The number of halogens is 1. The number of para-hydroxylation sites is 1. The first-order chi connectivity index (χ1) is 17.1. The SMILES string of the molecule is CCCN(C(=O)c1cccc(CNc2cc(Oc3ccccc3)ccc2C)c1F)C1CCCCC1. The molecule has 0 spiro atoms. The van der Waals surface area contributed by atoms with Crippen LogP contribution in [0.15, 0.2) is 66.7 Å². The van der Waals surface area contributed by atoms with Crippen molar-refractivity contribution < 1.29 is 13.9 Å². The van der Waals surface area contributed by atoms with Gasteiger partial charge < -0.3 is 15.0 Å². The summed E-state index contributed by atoms with van der Waals surface area (Å²) in [5.74, 6) is 0.842. The normalized spacial score (nSPS) is 13.9. The van der Waals surface area contributed by atoms with Crippen LogP contribution in [0.2, 0.25) is 0 Å². The Hall–Kier alpha value is -3.34. The summed E-state index contributed by atoms with van der Waals surface area (Å²) in [6.45, 7) is 5.01. The van der Waals surface area contributed by atoms with Gasteiger partial charge in [-0.1, -0.05) is 62.6 Å². The lowest BCUT2D eigenvalue weighted by Crippen LogP contribution is -2.42. The monoisotopic (exact) mass is 474 g/mol. The second-order valence-electron chi connectivity index (χ2n) is 9.31. The standard InChI is InChI=1S/C30H35FN2O2/c1-3-19-33(24-12-6-4-7-13-24)30(34)27-16-10-11-23(29(27)31)21-32-28-20-26(18-17-22(28)2)35-25-14-8-5-9-15-25/h5,8-11,14-18,20,24,32H,3-4,6-7,12-13,19,21H2,1-2H3. The molecule has 0 heterocycles. The van der Waals surface area contributed by atoms with E-state index in [0.717, 1.165) is 49.1 Å². The molecule has 1 aliphatic carbocycles. The van der Waals surface area contributed by atoms with Gasteiger partial charge in [0.2, 0.25) is 0 Å². The van der Waals surface area contributed by atoms with Crippen LogP contribution < -0.4 is 10.1 Å². The van der Waals surface area contributed by atoms with Gasteiger partial charge in [-0.25, -0.2) is 4.39 Å². The molecule has 0 saturated heterocycles. The van der Waals surface area contributed by atoms with E-state index in [2.05, 4.69) is 12.2 Å². The Balaban J connectivity index is 1.49. The molecule has 184 valence electrons. The number of hydrogen-bond acceptors (Lipinski definition) is 3. The zero-order valence-electron chi connectivity index (χ0n) is 20.7. The van der Waals surface area contributed by atoms with Gasteiger partial charge >= 0.3 is 0 Å². The molecule has 0 unspecified atom stereocenters. The topological polar surface area (TPSA) is 41.6 Å². The highest BCUT2D eigenvalue weighted by molar-refractivity contribution is 5.95. The summed E-state index contributed by atoms with van der Waals surface area (Å²) in [5.41, 5.74) is 2.54. The Morgan fingerprint density at radius 1 is 1.00 bits per heavy atom. The van der Waals surface area contributed by atoms with Gasteiger partial charge in [0.15, 0.2) is 0 Å². The Morgan fingerprint density at radius 3 is 2.51 bits per heavy atom. The van der Waals surface area contributed by atoms with Gasteiger partial charge in [0, 0.05) is 36.4 Å². The first-order valence-electron chi connectivity index (χ1n) is 12.7. The second kappa shape index (κ2) is 11.9. The number of hydrogen-bond donors (Lipinski definition) is 1. The van der Waals surface area contributed by atoms with E-state index >= 15 is 4.39 Å². The number of carbonyl (C=O) groups excluding carboxylic acids is 1. The van der Waals surface area contributed by atoms with Gasteiger partial charge in [-0.15, -0.1) is 0 Å². The van der Waals surface area contributed by atoms with Gasteiger partial charge in [-0.05, 0) is 56.0 Å². The van der Waals surface area contributed by atoms with Crippen molar-refractivity contribution in [3.63, 3.8) is 0 Å². The van der Waals surface area contributed by atoms with Crippen molar-refractivity contribution in [3.8, 4) is 11.5 Å². The maximum atomic E-state index is 15.5. The van der Waals surface area contributed by atoms with E-state index in [9.17, 15) is 4.79 Å². The van der Waals surface area contributed by atoms with E-state index in [0.29, 0.717) is 17.9 Å². The number of amides is 1. The molecule has 3 aromatic rings. The van der Waals surface area contributed by atoms with E-state index in [1.165, 1.54) is 6.42 Å². The summed E-state index contributed by atoms with van der Waals surface area (Å²) in [7, 11) is 0. The number of carbonyl (C=O) groups is 1. The Labute approximate surface area is 208 Å². The molecule has 4 rings (SSSR count). The maximum absolute atomic E-state index is 15.5. The zero-order valence-corrected chi connectivity index (χ0v) is 20.7. The molecular formula is C30H35FN2O2. The second-order valence-corrected chi connectivity index (χ2v) is 9.31. The lowest BCUT2D eigenvalue weighted by atomic mass is 9.93. The molecule has 1 amide bonds. The number of nitrogens with zero attached hydrogens (tertiary/aromatic N) is 1. The first kappa shape index (κ1) is 24.8. The molecule has 0 aromatic heterocycles. The average molecular weight is 475 g/mol. The molecule has 0 aliphatic heterocycles. The van der Waals surface area contributed by atoms with Crippen LogP contribution in [0.5, 0.6) is 11.5 Å². The molecule has 0 bridgehead atoms. The van der Waals surface area contributed by atoms with Crippen molar-refractivity contribution in [3.05, 3.63) is 89.2 Å². The van der Waals surface area contributed by atoms with Crippen LogP contribution in [0, 0.1) is 12.7 Å². The molecule has 1 N–H and O–H groups in total. The lowest BCUT2D eigenvalue weighted by Gasteiger charge is -2.34. The lowest BCUT2D eigenvalue weighted by molar-refractivity contribution is 0.0629. The van der Waals surface area contributed by atoms with Crippen LogP contribution >= 0.6 is 0 Å². The highest BCUT2D eigenvalue weighted by Gasteiger charge is 2.27. The van der Waals surface area contributed by atoms with Crippen LogP contribution in [0.4, 0.5) is 10.1 Å². The molecule has 35 heavy (non-hydrogen) atoms. The molecular weight excluding hydrogens is 439 g/mol. The van der Waals surface area contributed by atoms with Crippen LogP contribution in [0.3, 0.4) is 0 Å². The van der Waals surface area contributed by atoms with E-state index in [1.54, 1.807) is 18.2 Å². The van der Waals surface area contributed by atoms with Crippen molar-refractivity contribution in [1.82, 2.24) is 4.90 Å². The quantitative estimate of drug-likeness (QED) is 0.345. The van der Waals surface area contributed by atoms with Gasteiger partial charge in [0.05, 0.1) is 5.56 Å². The number of rotatable bonds is 9. The van der Waals surface area contributed by atoms with Crippen LogP contribution in [-0.4, -0.2) is 23.4 Å². The summed E-state index contributed by atoms with van der Waals surface area (Å²) < 4.78 is 21.5. The third-order valence-corrected chi connectivity index (χ3v) is 6.71. The molecule has 1 fully saturated rings. The summed E-state index contributed by atoms with van der Waals surface area (Å²) in [6.07, 6.45) is 6.38. The molecule has 4 nitrogen and oxygen atoms in total. The van der Waals surface area contributed by atoms with Crippen molar-refractivity contribution in [2.45, 2.75) is 65.0 Å². The minimum Gasteiger partial charge on any atom is -0.457 e. The van der Waals surface area contributed by atoms with Crippen molar-refractivity contribution in [2.75, 3.05) is 11.9 Å². The van der Waals surface area contributed by atoms with E-state index in [1.807, 2.05) is 60.4 Å². The van der Waals surface area contributed by atoms with Crippen LogP contribution in [0.1, 0.15) is 66.9 Å². The van der Waals surface area contributed by atoms with Gasteiger partial charge in [-0.2, -0.15) is 0 Å². The predicted molar refractivity (Wildman–Crippen MR) is 140 cm³/mol. The number of ether oxygens (including phenoxy) is 1. The minimum absolute atomic E-state index is 0.168. The molecule has 5 heteroatoms. The van der Waals surface area contributed by atoms with Crippen LogP contribution in [0.25, 0.3) is 0 Å². The Bertz CT molecular complexity index is 1130. The summed E-state index contributed by atoms with van der Waals surface area (Å²) in [5, 5.41) is 3.34. The molecule has 0 atom stereocenters. The fourth-order valence-corrected chi connectivity index (χ4v) is 4.79. The molecule has 3 aromatic carbocycles. The summed E-state index contributed by atoms with van der Waals surface area (Å²) >= 11 is 0. The fraction of sp³-hybridized carbons (Fsp3) is 0.367. The van der Waals surface area contributed by atoms with Crippen LogP contribution in [-0.2, 0) is 6.54 Å². The number of aryl methyl sites for hydroxylation is 1. The van der Waals surface area contributed by atoms with Gasteiger partial charge in [0.1, 0.15) is 17.3 Å². The van der Waals surface area contributed by atoms with E-state index in [-0.39, 0.29) is 24.1 Å². The summed E-state index contributed by atoms with van der Waals surface area (Å²) in [6, 6.07) is 20.8.